The van der Waals surface area contributed by atoms with Crippen molar-refractivity contribution in [3.63, 3.8) is 0 Å². The van der Waals surface area contributed by atoms with E-state index in [1.807, 2.05) is 0 Å². The minimum atomic E-state index is -0.444. The third kappa shape index (κ3) is 2.94. The first-order valence-corrected chi connectivity index (χ1v) is 5.60. The van der Waals surface area contributed by atoms with Crippen molar-refractivity contribution in [1.82, 2.24) is 0 Å². The third-order valence-corrected chi connectivity index (χ3v) is 3.10. The minimum Gasteiger partial charge on any atom is -0.388 e. The second kappa shape index (κ2) is 5.69. The van der Waals surface area contributed by atoms with Gasteiger partial charge in [-0.15, -0.1) is 0 Å². The Hall–Kier alpha value is -0.120. The fraction of sp³-hybridized carbons (Fsp3) is 1.00. The van der Waals surface area contributed by atoms with Crippen molar-refractivity contribution in [1.29, 1.82) is 0 Å². The molecule has 0 radical (unpaired) electrons. The molecule has 3 nitrogen and oxygen atoms in total. The van der Waals surface area contributed by atoms with Crippen LogP contribution < -0.4 is 0 Å². The van der Waals surface area contributed by atoms with Gasteiger partial charge < -0.3 is 14.6 Å². The summed E-state index contributed by atoms with van der Waals surface area (Å²) in [7, 11) is 0. The molecule has 0 bridgehead atoms. The molecule has 1 heterocycles. The van der Waals surface area contributed by atoms with Gasteiger partial charge in [-0.3, -0.25) is 0 Å². The van der Waals surface area contributed by atoms with Crippen LogP contribution in [0.25, 0.3) is 0 Å². The summed E-state index contributed by atoms with van der Waals surface area (Å²) in [4.78, 5) is 0. The molecule has 0 aromatic carbocycles. The van der Waals surface area contributed by atoms with E-state index in [2.05, 4.69) is 20.8 Å². The first kappa shape index (κ1) is 12.0. The molecule has 2 atom stereocenters. The maximum Gasteiger partial charge on any atom is 0.160 e. The summed E-state index contributed by atoms with van der Waals surface area (Å²) >= 11 is 0. The van der Waals surface area contributed by atoms with E-state index in [0.29, 0.717) is 25.0 Å². The Bertz CT molecular complexity index is 153. The molecule has 3 heteroatoms. The standard InChI is InChI=1S/C11H22O3/c1-4-8(3)10(5-2)11-13-6-9(12)7-14-11/h8-12H,4-7H2,1-3H3. The van der Waals surface area contributed by atoms with Crippen molar-refractivity contribution in [3.05, 3.63) is 0 Å². The van der Waals surface area contributed by atoms with Gasteiger partial charge in [0.1, 0.15) is 6.10 Å². The average Bonchev–Trinajstić information content (AvgIpc) is 2.21. The minimum absolute atomic E-state index is 0.113. The molecule has 1 N–H and O–H groups in total. The van der Waals surface area contributed by atoms with Crippen LogP contribution in [-0.4, -0.2) is 30.7 Å². The molecule has 0 aliphatic carbocycles. The Morgan fingerprint density at radius 2 is 1.79 bits per heavy atom. The van der Waals surface area contributed by atoms with Crippen molar-refractivity contribution < 1.29 is 14.6 Å². The first-order valence-electron chi connectivity index (χ1n) is 5.60. The molecule has 0 aromatic rings. The maximum atomic E-state index is 9.23. The Morgan fingerprint density at radius 3 is 2.21 bits per heavy atom. The highest BCUT2D eigenvalue weighted by atomic mass is 16.7. The average molecular weight is 202 g/mol. The Labute approximate surface area is 86.4 Å². The van der Waals surface area contributed by atoms with Crippen LogP contribution in [0.1, 0.15) is 33.6 Å². The first-order chi connectivity index (χ1) is 6.69. The molecule has 0 amide bonds. The van der Waals surface area contributed by atoms with E-state index < -0.39 is 6.10 Å². The van der Waals surface area contributed by atoms with E-state index >= 15 is 0 Å². The van der Waals surface area contributed by atoms with E-state index in [4.69, 9.17) is 9.47 Å². The summed E-state index contributed by atoms with van der Waals surface area (Å²) in [6, 6.07) is 0. The number of hydrogen-bond acceptors (Lipinski definition) is 3. The van der Waals surface area contributed by atoms with Crippen LogP contribution >= 0.6 is 0 Å². The SMILES string of the molecule is CCC(C)C(CC)C1OCC(O)CO1. The van der Waals surface area contributed by atoms with Gasteiger partial charge in [0.2, 0.25) is 0 Å². The molecule has 0 spiro atoms. The van der Waals surface area contributed by atoms with Crippen LogP contribution in [0.2, 0.25) is 0 Å². The van der Waals surface area contributed by atoms with Gasteiger partial charge in [0.25, 0.3) is 0 Å². The van der Waals surface area contributed by atoms with E-state index in [1.54, 1.807) is 0 Å². The van der Waals surface area contributed by atoms with Crippen molar-refractivity contribution in [3.8, 4) is 0 Å². The monoisotopic (exact) mass is 202 g/mol. The predicted molar refractivity (Wildman–Crippen MR) is 54.9 cm³/mol. The largest absolute Gasteiger partial charge is 0.388 e. The summed E-state index contributed by atoms with van der Waals surface area (Å²) in [6.45, 7) is 7.40. The summed E-state index contributed by atoms with van der Waals surface area (Å²) < 4.78 is 11.0. The van der Waals surface area contributed by atoms with E-state index in [0.717, 1.165) is 12.8 Å². The highest BCUT2D eigenvalue weighted by Gasteiger charge is 2.30. The normalized spacial score (nSPS) is 32.6. The quantitative estimate of drug-likeness (QED) is 0.755. The molecule has 1 rings (SSSR count). The van der Waals surface area contributed by atoms with Gasteiger partial charge in [-0.25, -0.2) is 0 Å². The van der Waals surface area contributed by atoms with Crippen molar-refractivity contribution in [2.45, 2.75) is 46.0 Å². The number of rotatable bonds is 4. The number of hydrogen-bond donors (Lipinski definition) is 1. The molecular formula is C11H22O3. The number of aliphatic hydroxyl groups excluding tert-OH is 1. The van der Waals surface area contributed by atoms with Gasteiger partial charge >= 0.3 is 0 Å². The Kier molecular flexibility index (Phi) is 4.85. The fourth-order valence-electron chi connectivity index (χ4n) is 1.92. The zero-order valence-electron chi connectivity index (χ0n) is 9.40. The maximum absolute atomic E-state index is 9.23. The zero-order valence-corrected chi connectivity index (χ0v) is 9.40. The molecule has 2 unspecified atom stereocenters. The molecule has 0 saturated carbocycles. The summed E-state index contributed by atoms with van der Waals surface area (Å²) in [6.07, 6.45) is 1.65. The van der Waals surface area contributed by atoms with Gasteiger partial charge in [0.05, 0.1) is 13.2 Å². The molecule has 1 saturated heterocycles. The Morgan fingerprint density at radius 1 is 1.21 bits per heavy atom. The van der Waals surface area contributed by atoms with Gasteiger partial charge in [-0.2, -0.15) is 0 Å². The van der Waals surface area contributed by atoms with Gasteiger partial charge in [-0.1, -0.05) is 27.2 Å². The fourth-order valence-corrected chi connectivity index (χ4v) is 1.92. The van der Waals surface area contributed by atoms with E-state index in [9.17, 15) is 5.11 Å². The van der Waals surface area contributed by atoms with Crippen molar-refractivity contribution in [2.24, 2.45) is 11.8 Å². The Balaban J connectivity index is 2.44. The van der Waals surface area contributed by atoms with Gasteiger partial charge in [0.15, 0.2) is 6.29 Å². The lowest BCUT2D eigenvalue weighted by Gasteiger charge is -2.34. The van der Waals surface area contributed by atoms with Crippen molar-refractivity contribution >= 4 is 0 Å². The summed E-state index contributed by atoms with van der Waals surface area (Å²) in [5.74, 6) is 1.06. The lowest BCUT2D eigenvalue weighted by atomic mass is 9.89. The van der Waals surface area contributed by atoms with Crippen LogP contribution in [0.5, 0.6) is 0 Å². The van der Waals surface area contributed by atoms with Gasteiger partial charge in [0, 0.05) is 5.92 Å². The van der Waals surface area contributed by atoms with Crippen LogP contribution in [0.4, 0.5) is 0 Å². The molecular weight excluding hydrogens is 180 g/mol. The van der Waals surface area contributed by atoms with E-state index in [-0.39, 0.29) is 6.29 Å². The smallest absolute Gasteiger partial charge is 0.160 e. The molecule has 84 valence electrons. The van der Waals surface area contributed by atoms with Gasteiger partial charge in [-0.05, 0) is 12.3 Å². The highest BCUT2D eigenvalue weighted by molar-refractivity contribution is 4.71. The highest BCUT2D eigenvalue weighted by Crippen LogP contribution is 2.27. The molecule has 1 fully saturated rings. The molecule has 14 heavy (non-hydrogen) atoms. The summed E-state index contributed by atoms with van der Waals surface area (Å²) in [5.41, 5.74) is 0. The van der Waals surface area contributed by atoms with Crippen LogP contribution in [0.3, 0.4) is 0 Å². The molecule has 1 aliphatic rings. The van der Waals surface area contributed by atoms with Crippen molar-refractivity contribution in [2.75, 3.05) is 13.2 Å². The lowest BCUT2D eigenvalue weighted by molar-refractivity contribution is -0.244. The molecule has 1 aliphatic heterocycles. The number of ether oxygens (including phenoxy) is 2. The zero-order chi connectivity index (χ0) is 10.6. The topological polar surface area (TPSA) is 38.7 Å². The second-order valence-corrected chi connectivity index (χ2v) is 4.15. The lowest BCUT2D eigenvalue weighted by Crippen LogP contribution is -2.41. The van der Waals surface area contributed by atoms with Crippen LogP contribution in [0, 0.1) is 11.8 Å². The molecule has 0 aromatic heterocycles. The predicted octanol–water partition coefficient (Wildman–Crippen LogP) is 1.79. The van der Waals surface area contributed by atoms with Crippen LogP contribution in [0.15, 0.2) is 0 Å². The van der Waals surface area contributed by atoms with Crippen LogP contribution in [-0.2, 0) is 9.47 Å². The number of aliphatic hydroxyl groups is 1. The summed E-state index contributed by atoms with van der Waals surface area (Å²) in [5, 5.41) is 9.23. The van der Waals surface area contributed by atoms with E-state index in [1.165, 1.54) is 0 Å². The third-order valence-electron chi connectivity index (χ3n) is 3.10. The second-order valence-electron chi connectivity index (χ2n) is 4.15.